The molecule has 2 aromatic rings. The molecule has 0 saturated heterocycles. The second-order valence-electron chi connectivity index (χ2n) is 7.79. The molecule has 0 aromatic heterocycles. The van der Waals surface area contributed by atoms with Crippen LogP contribution in [-0.2, 0) is 26.2 Å². The van der Waals surface area contributed by atoms with Gasteiger partial charge < -0.3 is 10.2 Å². The van der Waals surface area contributed by atoms with E-state index in [9.17, 15) is 18.0 Å². The number of sulfonamides is 1. The van der Waals surface area contributed by atoms with E-state index >= 15 is 0 Å². The highest BCUT2D eigenvalue weighted by atomic mass is 35.5. The highest BCUT2D eigenvalue weighted by Gasteiger charge is 2.30. The lowest BCUT2D eigenvalue weighted by molar-refractivity contribution is -0.140. The van der Waals surface area contributed by atoms with Crippen molar-refractivity contribution in [1.29, 1.82) is 0 Å². The predicted molar refractivity (Wildman–Crippen MR) is 136 cm³/mol. The lowest BCUT2D eigenvalue weighted by Crippen LogP contribution is -2.50. The molecule has 1 atom stereocenters. The van der Waals surface area contributed by atoms with Crippen molar-refractivity contribution in [1.82, 2.24) is 14.5 Å². The van der Waals surface area contributed by atoms with Gasteiger partial charge in [0.2, 0.25) is 21.8 Å². The molecule has 7 nitrogen and oxygen atoms in total. The van der Waals surface area contributed by atoms with Crippen molar-refractivity contribution >= 4 is 56.6 Å². The normalized spacial score (nSPS) is 12.4. The van der Waals surface area contributed by atoms with Crippen LogP contribution in [0.15, 0.2) is 47.4 Å². The molecule has 0 aliphatic rings. The van der Waals surface area contributed by atoms with E-state index < -0.39 is 28.5 Å². The van der Waals surface area contributed by atoms with E-state index in [4.69, 9.17) is 34.8 Å². The van der Waals surface area contributed by atoms with Crippen molar-refractivity contribution in [3.8, 4) is 0 Å². The SMILES string of the molecule is CCCCNC(=O)[C@H](C)N(Cc1ccc(Cl)cc1Cl)C(=O)CN(C)S(=O)(=O)c1ccc(Cl)cc1. The molecule has 34 heavy (non-hydrogen) atoms. The summed E-state index contributed by atoms with van der Waals surface area (Å²) in [5.41, 5.74) is 0.579. The Balaban J connectivity index is 2.28. The first-order chi connectivity index (χ1) is 16.0. The quantitative estimate of drug-likeness (QED) is 0.416. The van der Waals surface area contributed by atoms with Crippen molar-refractivity contribution in [3.63, 3.8) is 0 Å². The Hall–Kier alpha value is -1.84. The van der Waals surface area contributed by atoms with Crippen LogP contribution in [0, 0.1) is 0 Å². The molecule has 2 amide bonds. The summed E-state index contributed by atoms with van der Waals surface area (Å²) in [5, 5.41) is 3.98. The fourth-order valence-electron chi connectivity index (χ4n) is 3.10. The third-order valence-electron chi connectivity index (χ3n) is 5.23. The van der Waals surface area contributed by atoms with Crippen LogP contribution < -0.4 is 5.32 Å². The highest BCUT2D eigenvalue weighted by molar-refractivity contribution is 7.89. The van der Waals surface area contributed by atoms with Gasteiger partial charge in [0.25, 0.3) is 0 Å². The van der Waals surface area contributed by atoms with Gasteiger partial charge in [-0.15, -0.1) is 0 Å². The molecule has 0 bridgehead atoms. The van der Waals surface area contributed by atoms with Crippen LogP contribution in [0.5, 0.6) is 0 Å². The van der Waals surface area contributed by atoms with Gasteiger partial charge in [0.05, 0.1) is 11.4 Å². The van der Waals surface area contributed by atoms with Gasteiger partial charge in [-0.1, -0.05) is 54.2 Å². The molecule has 0 heterocycles. The van der Waals surface area contributed by atoms with E-state index in [0.717, 1.165) is 17.1 Å². The maximum atomic E-state index is 13.3. The lowest BCUT2D eigenvalue weighted by Gasteiger charge is -2.30. The number of carbonyl (C=O) groups is 2. The Morgan fingerprint density at radius 2 is 1.65 bits per heavy atom. The number of likely N-dealkylation sites (N-methyl/N-ethyl adjacent to an activating group) is 1. The second kappa shape index (κ2) is 12.7. The zero-order valence-corrected chi connectivity index (χ0v) is 22.3. The molecule has 0 fully saturated rings. The largest absolute Gasteiger partial charge is 0.354 e. The smallest absolute Gasteiger partial charge is 0.243 e. The number of hydrogen-bond donors (Lipinski definition) is 1. The predicted octanol–water partition coefficient (Wildman–Crippen LogP) is 4.60. The summed E-state index contributed by atoms with van der Waals surface area (Å²) >= 11 is 18.1. The average molecular weight is 549 g/mol. The van der Waals surface area contributed by atoms with E-state index in [-0.39, 0.29) is 17.3 Å². The van der Waals surface area contributed by atoms with Crippen LogP contribution in [0.25, 0.3) is 0 Å². The number of hydrogen-bond acceptors (Lipinski definition) is 4. The van der Waals surface area contributed by atoms with Crippen LogP contribution in [0.1, 0.15) is 32.3 Å². The number of amides is 2. The number of rotatable bonds is 11. The van der Waals surface area contributed by atoms with E-state index in [2.05, 4.69) is 5.32 Å². The topological polar surface area (TPSA) is 86.8 Å². The van der Waals surface area contributed by atoms with E-state index in [0.29, 0.717) is 27.2 Å². The molecule has 0 unspecified atom stereocenters. The Labute approximate surface area is 216 Å². The van der Waals surface area contributed by atoms with Gasteiger partial charge in [-0.05, 0) is 55.3 Å². The van der Waals surface area contributed by atoms with Crippen molar-refractivity contribution in [2.45, 2.75) is 44.2 Å². The van der Waals surface area contributed by atoms with E-state index in [1.807, 2.05) is 6.92 Å². The maximum Gasteiger partial charge on any atom is 0.243 e. The van der Waals surface area contributed by atoms with Gasteiger partial charge in [0.15, 0.2) is 0 Å². The fourth-order valence-corrected chi connectivity index (χ4v) is 4.82. The number of benzene rings is 2. The summed E-state index contributed by atoms with van der Waals surface area (Å²) < 4.78 is 26.8. The summed E-state index contributed by atoms with van der Waals surface area (Å²) in [6.07, 6.45) is 1.71. The number of carbonyl (C=O) groups excluding carboxylic acids is 2. The molecule has 2 aromatic carbocycles. The highest BCUT2D eigenvalue weighted by Crippen LogP contribution is 2.24. The first kappa shape index (κ1) is 28.4. The fraction of sp³-hybridized carbons (Fsp3) is 0.391. The summed E-state index contributed by atoms with van der Waals surface area (Å²) in [4.78, 5) is 27.3. The molecule has 0 spiro atoms. The summed E-state index contributed by atoms with van der Waals surface area (Å²) in [6, 6.07) is 9.65. The summed E-state index contributed by atoms with van der Waals surface area (Å²) in [7, 11) is -2.64. The van der Waals surface area contributed by atoms with Crippen molar-refractivity contribution in [2.75, 3.05) is 20.1 Å². The third-order valence-corrected chi connectivity index (χ3v) is 7.89. The van der Waals surface area contributed by atoms with Gasteiger partial charge in [-0.25, -0.2) is 8.42 Å². The Bertz CT molecular complexity index is 1110. The molecular formula is C23H28Cl3N3O4S. The van der Waals surface area contributed by atoms with Crippen LogP contribution in [-0.4, -0.2) is 55.6 Å². The van der Waals surface area contributed by atoms with Gasteiger partial charge in [0.1, 0.15) is 6.04 Å². The second-order valence-corrected chi connectivity index (χ2v) is 11.1. The monoisotopic (exact) mass is 547 g/mol. The van der Waals surface area contributed by atoms with E-state index in [1.165, 1.54) is 36.2 Å². The molecule has 0 radical (unpaired) electrons. The molecule has 11 heteroatoms. The molecule has 0 aliphatic carbocycles. The molecule has 0 aliphatic heterocycles. The van der Waals surface area contributed by atoms with Gasteiger partial charge in [0, 0.05) is 35.2 Å². The van der Waals surface area contributed by atoms with Gasteiger partial charge >= 0.3 is 0 Å². The minimum atomic E-state index is -3.95. The molecule has 2 rings (SSSR count). The number of nitrogens with zero attached hydrogens (tertiary/aromatic N) is 2. The van der Waals surface area contributed by atoms with Crippen LogP contribution in [0.3, 0.4) is 0 Å². The first-order valence-electron chi connectivity index (χ1n) is 10.7. The Morgan fingerprint density at radius 3 is 2.24 bits per heavy atom. The molecule has 186 valence electrons. The number of halogens is 3. The summed E-state index contributed by atoms with van der Waals surface area (Å²) in [6.45, 7) is 3.62. The van der Waals surface area contributed by atoms with Gasteiger partial charge in [-0.3, -0.25) is 9.59 Å². The van der Waals surface area contributed by atoms with Crippen LogP contribution in [0.2, 0.25) is 15.1 Å². The zero-order valence-electron chi connectivity index (χ0n) is 19.2. The van der Waals surface area contributed by atoms with Crippen molar-refractivity contribution < 1.29 is 18.0 Å². The van der Waals surface area contributed by atoms with Gasteiger partial charge in [-0.2, -0.15) is 4.31 Å². The summed E-state index contributed by atoms with van der Waals surface area (Å²) in [5.74, 6) is -0.890. The standard InChI is InChI=1S/C23H28Cl3N3O4S/c1-4-5-12-27-23(31)16(2)29(14-17-6-7-19(25)13-21(17)26)22(30)15-28(3)34(32,33)20-10-8-18(24)9-11-20/h6-11,13,16H,4-5,12,14-15H2,1-3H3,(H,27,31)/t16-/m0/s1. The number of unbranched alkanes of at least 4 members (excludes halogenated alkanes) is 1. The van der Waals surface area contributed by atoms with Crippen LogP contribution in [0.4, 0.5) is 0 Å². The molecule has 1 N–H and O–H groups in total. The number of nitrogens with one attached hydrogen (secondary N) is 1. The first-order valence-corrected chi connectivity index (χ1v) is 13.3. The Kier molecular flexibility index (Phi) is 10.6. The average Bonchev–Trinajstić information content (AvgIpc) is 2.78. The minimum Gasteiger partial charge on any atom is -0.354 e. The van der Waals surface area contributed by atoms with Crippen molar-refractivity contribution in [3.05, 3.63) is 63.1 Å². The zero-order chi connectivity index (χ0) is 25.5. The molecular weight excluding hydrogens is 521 g/mol. The van der Waals surface area contributed by atoms with Crippen molar-refractivity contribution in [2.24, 2.45) is 0 Å². The molecule has 0 saturated carbocycles. The maximum absolute atomic E-state index is 13.3. The van der Waals surface area contributed by atoms with Crippen LogP contribution >= 0.6 is 34.8 Å². The third kappa shape index (κ3) is 7.58. The Morgan fingerprint density at radius 1 is 1.03 bits per heavy atom. The minimum absolute atomic E-state index is 0.00449. The van der Waals surface area contributed by atoms with E-state index in [1.54, 1.807) is 25.1 Å². The lowest BCUT2D eigenvalue weighted by atomic mass is 10.1.